The monoisotopic (exact) mass is 388 g/mol. The molecule has 7 heteroatoms. The van der Waals surface area contributed by atoms with Gasteiger partial charge < -0.3 is 14.8 Å². The summed E-state index contributed by atoms with van der Waals surface area (Å²) in [6, 6.07) is 7.65. The molecule has 6 nitrogen and oxygen atoms in total. The van der Waals surface area contributed by atoms with Crippen LogP contribution in [-0.4, -0.2) is 30.5 Å². The molecule has 0 spiro atoms. The molecule has 3 rings (SSSR count). The zero-order valence-electron chi connectivity index (χ0n) is 15.4. The largest absolute Gasteiger partial charge is 0.497 e. The van der Waals surface area contributed by atoms with E-state index in [0.29, 0.717) is 5.69 Å². The predicted octanol–water partition coefficient (Wildman–Crippen LogP) is 3.56. The fourth-order valence-corrected chi connectivity index (χ4v) is 3.94. The Balaban J connectivity index is 1.45. The van der Waals surface area contributed by atoms with Crippen molar-refractivity contribution in [1.82, 2.24) is 10.3 Å². The molecule has 1 saturated carbocycles. The van der Waals surface area contributed by atoms with E-state index in [1.807, 2.05) is 29.6 Å². The molecule has 1 aliphatic rings. The van der Waals surface area contributed by atoms with Crippen molar-refractivity contribution >= 4 is 23.2 Å². The molecule has 1 heterocycles. The van der Waals surface area contributed by atoms with Crippen LogP contribution in [0.4, 0.5) is 0 Å². The first-order valence-electron chi connectivity index (χ1n) is 9.18. The lowest BCUT2D eigenvalue weighted by atomic mass is 9.89. The topological polar surface area (TPSA) is 77.5 Å². The minimum atomic E-state index is -0.449. The van der Waals surface area contributed by atoms with E-state index in [4.69, 9.17) is 9.47 Å². The number of thiazole rings is 1. The number of methoxy groups -OCH3 is 1. The fraction of sp³-hybridized carbons (Fsp3) is 0.450. The van der Waals surface area contributed by atoms with E-state index >= 15 is 0 Å². The first-order chi connectivity index (χ1) is 13.2. The molecule has 0 unspecified atom stereocenters. The van der Waals surface area contributed by atoms with Gasteiger partial charge in [-0.05, 0) is 25.0 Å². The number of ether oxygens (including phenoxy) is 2. The van der Waals surface area contributed by atoms with Crippen LogP contribution >= 0.6 is 11.3 Å². The minimum absolute atomic E-state index is 0.0375. The summed E-state index contributed by atoms with van der Waals surface area (Å²) in [5.74, 6) is 0.315. The van der Waals surface area contributed by atoms with Crippen LogP contribution in [0.1, 0.15) is 37.8 Å². The first-order valence-corrected chi connectivity index (χ1v) is 10.1. The minimum Gasteiger partial charge on any atom is -0.497 e. The third kappa shape index (κ3) is 5.53. The van der Waals surface area contributed by atoms with Gasteiger partial charge >= 0.3 is 5.97 Å². The van der Waals surface area contributed by atoms with Gasteiger partial charge in [0.15, 0.2) is 0 Å². The van der Waals surface area contributed by atoms with Crippen molar-refractivity contribution in [3.8, 4) is 16.3 Å². The lowest BCUT2D eigenvalue weighted by Crippen LogP contribution is -2.36. The molecule has 0 saturated heterocycles. The van der Waals surface area contributed by atoms with Gasteiger partial charge in [0, 0.05) is 16.9 Å². The van der Waals surface area contributed by atoms with E-state index in [1.165, 1.54) is 17.8 Å². The highest BCUT2D eigenvalue weighted by Crippen LogP contribution is 2.27. The van der Waals surface area contributed by atoms with Crippen LogP contribution in [0, 0.1) is 5.92 Å². The van der Waals surface area contributed by atoms with Crippen LogP contribution in [0.25, 0.3) is 10.6 Å². The molecular formula is C20H24N2O4S. The second-order valence-electron chi connectivity index (χ2n) is 6.59. The highest BCUT2D eigenvalue weighted by atomic mass is 32.1. The maximum absolute atomic E-state index is 12.0. The third-order valence-electron chi connectivity index (χ3n) is 4.63. The maximum atomic E-state index is 12.0. The Morgan fingerprint density at radius 3 is 2.85 bits per heavy atom. The normalized spacial score (nSPS) is 14.6. The van der Waals surface area contributed by atoms with E-state index in [0.717, 1.165) is 42.0 Å². The van der Waals surface area contributed by atoms with Crippen LogP contribution in [0.5, 0.6) is 5.75 Å². The molecule has 27 heavy (non-hydrogen) atoms. The summed E-state index contributed by atoms with van der Waals surface area (Å²) in [4.78, 5) is 28.4. The summed E-state index contributed by atoms with van der Waals surface area (Å²) < 4.78 is 10.5. The molecule has 1 aromatic heterocycles. The van der Waals surface area contributed by atoms with Gasteiger partial charge in [0.05, 0.1) is 12.8 Å². The number of carbonyl (C=O) groups excluding carboxylic acids is 2. The molecular weight excluding hydrogens is 364 g/mol. The highest BCUT2D eigenvalue weighted by Gasteiger charge is 2.21. The molecule has 1 aliphatic carbocycles. The van der Waals surface area contributed by atoms with E-state index in [-0.39, 0.29) is 25.0 Å². The van der Waals surface area contributed by atoms with Crippen molar-refractivity contribution in [2.45, 2.75) is 38.7 Å². The van der Waals surface area contributed by atoms with E-state index in [2.05, 4.69) is 10.3 Å². The Kier molecular flexibility index (Phi) is 6.81. The number of hydrogen-bond acceptors (Lipinski definition) is 6. The average molecular weight is 388 g/mol. The Bertz CT molecular complexity index is 784. The lowest BCUT2D eigenvalue weighted by Gasteiger charge is -2.20. The Morgan fingerprint density at radius 2 is 2.07 bits per heavy atom. The highest BCUT2D eigenvalue weighted by molar-refractivity contribution is 7.13. The molecule has 1 N–H and O–H groups in total. The third-order valence-corrected chi connectivity index (χ3v) is 5.57. The fourth-order valence-electron chi connectivity index (χ4n) is 3.14. The lowest BCUT2D eigenvalue weighted by molar-refractivity contribution is -0.145. The van der Waals surface area contributed by atoms with Crippen molar-refractivity contribution in [3.05, 3.63) is 35.3 Å². The van der Waals surface area contributed by atoms with Crippen LogP contribution in [0.2, 0.25) is 0 Å². The van der Waals surface area contributed by atoms with Crippen LogP contribution in [0.15, 0.2) is 29.6 Å². The number of nitrogens with zero attached hydrogens (tertiary/aromatic N) is 1. The van der Waals surface area contributed by atoms with Crippen molar-refractivity contribution < 1.29 is 19.1 Å². The van der Waals surface area contributed by atoms with Gasteiger partial charge in [0.2, 0.25) is 5.91 Å². The van der Waals surface area contributed by atoms with Gasteiger partial charge in [-0.1, -0.05) is 31.4 Å². The predicted molar refractivity (Wildman–Crippen MR) is 103 cm³/mol. The van der Waals surface area contributed by atoms with Crippen molar-refractivity contribution in [2.24, 2.45) is 5.92 Å². The van der Waals surface area contributed by atoms with Crippen molar-refractivity contribution in [1.29, 1.82) is 0 Å². The Labute approximate surface area is 162 Å². The Hall–Kier alpha value is -2.41. The number of aromatic nitrogens is 1. The van der Waals surface area contributed by atoms with E-state index in [1.54, 1.807) is 7.11 Å². The standard InChI is InChI=1S/C20H24N2O4S/c1-25-17-9-5-8-15(10-17)20-22-16(13-27-20)12-26-18(23)11-21-19(24)14-6-3-2-4-7-14/h5,8-10,13-14H,2-4,6-7,11-12H2,1H3,(H,21,24). The second-order valence-corrected chi connectivity index (χ2v) is 7.45. The number of hydrogen-bond donors (Lipinski definition) is 1. The number of amides is 1. The van der Waals surface area contributed by atoms with E-state index in [9.17, 15) is 9.59 Å². The zero-order chi connectivity index (χ0) is 19.1. The van der Waals surface area contributed by atoms with E-state index < -0.39 is 5.97 Å². The molecule has 144 valence electrons. The van der Waals surface area contributed by atoms with Crippen LogP contribution in [0.3, 0.4) is 0 Å². The van der Waals surface area contributed by atoms with Gasteiger partial charge in [-0.25, -0.2) is 4.98 Å². The maximum Gasteiger partial charge on any atom is 0.325 e. The summed E-state index contributed by atoms with van der Waals surface area (Å²) >= 11 is 1.48. The number of carbonyl (C=O) groups is 2. The molecule has 1 aromatic carbocycles. The molecule has 0 radical (unpaired) electrons. The molecule has 1 fully saturated rings. The van der Waals surface area contributed by atoms with Gasteiger partial charge in [-0.15, -0.1) is 11.3 Å². The summed E-state index contributed by atoms with van der Waals surface area (Å²) in [6.45, 7) is 0.000806. The quantitative estimate of drug-likeness (QED) is 0.734. The van der Waals surface area contributed by atoms with Crippen LogP contribution in [-0.2, 0) is 20.9 Å². The number of nitrogens with one attached hydrogen (secondary N) is 1. The average Bonchev–Trinajstić information content (AvgIpc) is 3.20. The molecule has 0 bridgehead atoms. The van der Waals surface area contributed by atoms with Gasteiger partial charge in [0.25, 0.3) is 0 Å². The molecule has 1 amide bonds. The second kappa shape index (κ2) is 9.50. The number of benzene rings is 1. The summed E-state index contributed by atoms with van der Waals surface area (Å²) in [5.41, 5.74) is 1.64. The summed E-state index contributed by atoms with van der Waals surface area (Å²) in [6.07, 6.45) is 5.18. The van der Waals surface area contributed by atoms with Gasteiger partial charge in [0.1, 0.15) is 23.9 Å². The van der Waals surface area contributed by atoms with Crippen LogP contribution < -0.4 is 10.1 Å². The van der Waals surface area contributed by atoms with Crippen molar-refractivity contribution in [2.75, 3.05) is 13.7 Å². The van der Waals surface area contributed by atoms with Gasteiger partial charge in [-0.3, -0.25) is 9.59 Å². The van der Waals surface area contributed by atoms with Crippen molar-refractivity contribution in [3.63, 3.8) is 0 Å². The number of rotatable bonds is 7. The number of esters is 1. The summed E-state index contributed by atoms with van der Waals surface area (Å²) in [7, 11) is 1.62. The zero-order valence-corrected chi connectivity index (χ0v) is 16.2. The smallest absolute Gasteiger partial charge is 0.325 e. The molecule has 0 aliphatic heterocycles. The molecule has 0 atom stereocenters. The summed E-state index contributed by atoms with van der Waals surface area (Å²) in [5, 5.41) is 5.39. The van der Waals surface area contributed by atoms with Gasteiger partial charge in [-0.2, -0.15) is 0 Å². The molecule has 2 aromatic rings. The Morgan fingerprint density at radius 1 is 1.26 bits per heavy atom. The SMILES string of the molecule is COc1cccc(-c2nc(COC(=O)CNC(=O)C3CCCCC3)cs2)c1. The first kappa shape index (κ1) is 19.4.